The maximum atomic E-state index is 12.9. The fraction of sp³-hybridized carbons (Fsp3) is 0.704. The second kappa shape index (κ2) is 11.1. The molecule has 0 radical (unpaired) electrons. The molecule has 3 saturated heterocycles. The van der Waals surface area contributed by atoms with Crippen LogP contribution in [-0.4, -0.2) is 109 Å². The van der Waals surface area contributed by atoms with E-state index in [2.05, 4.69) is 31.7 Å². The largest absolute Gasteiger partial charge is 0.369 e. The van der Waals surface area contributed by atoms with Crippen molar-refractivity contribution in [1.82, 2.24) is 19.6 Å². The number of nitrogens with zero attached hydrogens (tertiary/aromatic N) is 5. The fourth-order valence-corrected chi connectivity index (χ4v) is 5.81. The van der Waals surface area contributed by atoms with Crippen molar-refractivity contribution in [2.45, 2.75) is 51.0 Å². The highest BCUT2D eigenvalue weighted by Crippen LogP contribution is 2.25. The average molecular weight is 468 g/mol. The molecule has 1 aromatic carbocycles. The standard InChI is InChI=1S/C27H41N5O2/c33-26(31-20-18-30(19-21-31)24-6-5-7-24)22-28-14-16-29(17-15-28)25-10-8-23(9-11-25)27(34)32-12-3-1-2-4-13-32/h8-11,24H,1-7,12-22H2. The molecule has 3 heterocycles. The zero-order valence-corrected chi connectivity index (χ0v) is 20.7. The van der Waals surface area contributed by atoms with E-state index in [0.717, 1.165) is 89.9 Å². The van der Waals surface area contributed by atoms with Crippen molar-refractivity contribution in [3.05, 3.63) is 29.8 Å². The summed E-state index contributed by atoms with van der Waals surface area (Å²) in [6.45, 7) is 9.82. The number of likely N-dealkylation sites (tertiary alicyclic amines) is 1. The Morgan fingerprint density at radius 3 is 1.91 bits per heavy atom. The lowest BCUT2D eigenvalue weighted by Crippen LogP contribution is -2.56. The maximum absolute atomic E-state index is 12.9. The number of carbonyl (C=O) groups is 2. The van der Waals surface area contributed by atoms with Crippen LogP contribution < -0.4 is 4.90 Å². The molecule has 1 aliphatic carbocycles. The van der Waals surface area contributed by atoms with Gasteiger partial charge in [0.25, 0.3) is 5.91 Å². The Bertz CT molecular complexity index is 816. The van der Waals surface area contributed by atoms with Crippen LogP contribution in [-0.2, 0) is 4.79 Å². The molecule has 0 aromatic heterocycles. The lowest BCUT2D eigenvalue weighted by molar-refractivity contribution is -0.134. The molecule has 0 N–H and O–H groups in total. The van der Waals surface area contributed by atoms with Crippen molar-refractivity contribution in [2.75, 3.05) is 76.9 Å². The molecule has 4 aliphatic rings. The lowest BCUT2D eigenvalue weighted by Gasteiger charge is -2.43. The summed E-state index contributed by atoms with van der Waals surface area (Å²) >= 11 is 0. The van der Waals surface area contributed by atoms with E-state index < -0.39 is 0 Å². The van der Waals surface area contributed by atoms with Gasteiger partial charge in [-0.25, -0.2) is 0 Å². The third-order valence-corrected chi connectivity index (χ3v) is 8.36. The van der Waals surface area contributed by atoms with Crippen LogP contribution >= 0.6 is 0 Å². The Morgan fingerprint density at radius 1 is 0.676 bits per heavy atom. The highest BCUT2D eigenvalue weighted by Gasteiger charge is 2.30. The van der Waals surface area contributed by atoms with Gasteiger partial charge in [-0.1, -0.05) is 19.3 Å². The third kappa shape index (κ3) is 5.57. The maximum Gasteiger partial charge on any atom is 0.253 e. The van der Waals surface area contributed by atoms with E-state index in [0.29, 0.717) is 6.54 Å². The molecular formula is C27H41N5O2. The number of hydrogen-bond acceptors (Lipinski definition) is 5. The number of amides is 2. The Labute approximate surface area is 204 Å². The van der Waals surface area contributed by atoms with Gasteiger partial charge in [-0.15, -0.1) is 0 Å². The van der Waals surface area contributed by atoms with Gasteiger partial charge in [-0.2, -0.15) is 0 Å². The van der Waals surface area contributed by atoms with Gasteiger partial charge in [0.15, 0.2) is 0 Å². The van der Waals surface area contributed by atoms with Crippen LogP contribution in [0, 0.1) is 0 Å². The minimum absolute atomic E-state index is 0.172. The summed E-state index contributed by atoms with van der Waals surface area (Å²) in [6, 6.07) is 8.94. The molecule has 5 rings (SSSR count). The Hall–Kier alpha value is -2.12. The van der Waals surface area contributed by atoms with E-state index in [1.165, 1.54) is 37.8 Å². The Kier molecular flexibility index (Phi) is 7.70. The molecule has 0 atom stereocenters. The number of benzene rings is 1. The van der Waals surface area contributed by atoms with Crippen LogP contribution in [0.25, 0.3) is 0 Å². The molecule has 2 amide bonds. The van der Waals surface area contributed by atoms with Gasteiger partial charge in [0, 0.05) is 82.7 Å². The molecule has 0 spiro atoms. The van der Waals surface area contributed by atoms with Gasteiger partial charge in [0.05, 0.1) is 6.54 Å². The predicted octanol–water partition coefficient (Wildman–Crippen LogP) is 2.52. The van der Waals surface area contributed by atoms with Gasteiger partial charge in [0.1, 0.15) is 0 Å². The van der Waals surface area contributed by atoms with Crippen molar-refractivity contribution in [3.63, 3.8) is 0 Å². The Balaban J connectivity index is 1.06. The van der Waals surface area contributed by atoms with Crippen LogP contribution in [0.1, 0.15) is 55.3 Å². The molecule has 4 fully saturated rings. The number of anilines is 1. The molecule has 186 valence electrons. The van der Waals surface area contributed by atoms with Crippen LogP contribution in [0.2, 0.25) is 0 Å². The van der Waals surface area contributed by atoms with Crippen LogP contribution in [0.15, 0.2) is 24.3 Å². The summed E-state index contributed by atoms with van der Waals surface area (Å²) in [5.74, 6) is 0.461. The van der Waals surface area contributed by atoms with Crippen molar-refractivity contribution in [2.24, 2.45) is 0 Å². The zero-order valence-electron chi connectivity index (χ0n) is 20.7. The molecule has 0 unspecified atom stereocenters. The molecule has 7 heteroatoms. The molecule has 3 aliphatic heterocycles. The first-order valence-corrected chi connectivity index (χ1v) is 13.6. The normalized spacial score (nSPS) is 23.5. The first kappa shape index (κ1) is 23.6. The van der Waals surface area contributed by atoms with Gasteiger partial charge in [0.2, 0.25) is 5.91 Å². The summed E-state index contributed by atoms with van der Waals surface area (Å²) in [5.41, 5.74) is 1.97. The molecular weight excluding hydrogens is 426 g/mol. The molecule has 7 nitrogen and oxygen atoms in total. The number of carbonyl (C=O) groups excluding carboxylic acids is 2. The minimum Gasteiger partial charge on any atom is -0.369 e. The van der Waals surface area contributed by atoms with E-state index in [4.69, 9.17) is 0 Å². The topological polar surface area (TPSA) is 50.3 Å². The van der Waals surface area contributed by atoms with E-state index in [1.807, 2.05) is 17.0 Å². The van der Waals surface area contributed by atoms with Crippen LogP contribution in [0.5, 0.6) is 0 Å². The SMILES string of the molecule is O=C(CN1CCN(c2ccc(C(=O)N3CCCCCC3)cc2)CC1)N1CCN(C2CCC2)CC1. The van der Waals surface area contributed by atoms with Crippen molar-refractivity contribution in [3.8, 4) is 0 Å². The van der Waals surface area contributed by atoms with Crippen LogP contribution in [0.3, 0.4) is 0 Å². The Morgan fingerprint density at radius 2 is 1.32 bits per heavy atom. The quantitative estimate of drug-likeness (QED) is 0.666. The minimum atomic E-state index is 0.172. The summed E-state index contributed by atoms with van der Waals surface area (Å²) in [7, 11) is 0. The first-order chi connectivity index (χ1) is 16.7. The second-order valence-electron chi connectivity index (χ2n) is 10.5. The number of hydrogen-bond donors (Lipinski definition) is 0. The van der Waals surface area contributed by atoms with Gasteiger partial charge in [-0.3, -0.25) is 19.4 Å². The fourth-order valence-electron chi connectivity index (χ4n) is 5.81. The van der Waals surface area contributed by atoms with E-state index in [-0.39, 0.29) is 11.8 Å². The lowest BCUT2D eigenvalue weighted by atomic mass is 9.91. The zero-order chi connectivity index (χ0) is 23.3. The predicted molar refractivity (Wildman–Crippen MR) is 135 cm³/mol. The van der Waals surface area contributed by atoms with Crippen molar-refractivity contribution < 1.29 is 9.59 Å². The second-order valence-corrected chi connectivity index (χ2v) is 10.5. The molecule has 0 bridgehead atoms. The third-order valence-electron chi connectivity index (χ3n) is 8.36. The van der Waals surface area contributed by atoms with Gasteiger partial charge in [-0.05, 0) is 49.9 Å². The van der Waals surface area contributed by atoms with Crippen molar-refractivity contribution >= 4 is 17.5 Å². The molecule has 1 saturated carbocycles. The number of piperazine rings is 2. The van der Waals surface area contributed by atoms with E-state index in [9.17, 15) is 9.59 Å². The highest BCUT2D eigenvalue weighted by molar-refractivity contribution is 5.94. The van der Waals surface area contributed by atoms with Crippen LogP contribution in [0.4, 0.5) is 5.69 Å². The van der Waals surface area contributed by atoms with Gasteiger partial charge >= 0.3 is 0 Å². The number of rotatable bonds is 5. The monoisotopic (exact) mass is 467 g/mol. The summed E-state index contributed by atoms with van der Waals surface area (Å²) in [5, 5.41) is 0. The average Bonchev–Trinajstić information content (AvgIpc) is 3.13. The molecule has 1 aromatic rings. The summed E-state index contributed by atoms with van der Waals surface area (Å²) < 4.78 is 0. The van der Waals surface area contributed by atoms with E-state index in [1.54, 1.807) is 0 Å². The summed E-state index contributed by atoms with van der Waals surface area (Å²) in [4.78, 5) is 37.0. The first-order valence-electron chi connectivity index (χ1n) is 13.6. The van der Waals surface area contributed by atoms with Crippen molar-refractivity contribution in [1.29, 1.82) is 0 Å². The molecule has 34 heavy (non-hydrogen) atoms. The van der Waals surface area contributed by atoms with E-state index >= 15 is 0 Å². The smallest absolute Gasteiger partial charge is 0.253 e. The highest BCUT2D eigenvalue weighted by atomic mass is 16.2. The van der Waals surface area contributed by atoms with Gasteiger partial charge < -0.3 is 14.7 Å². The summed E-state index contributed by atoms with van der Waals surface area (Å²) in [6.07, 6.45) is 8.76.